The molecule has 4 nitrogen and oxygen atoms in total. The van der Waals surface area contributed by atoms with Gasteiger partial charge >= 0.3 is 26.3 Å². The molecule has 0 aliphatic carbocycles. The second kappa shape index (κ2) is 13.0. The van der Waals surface area contributed by atoms with Crippen LogP contribution in [-0.2, 0) is 18.1 Å². The Kier molecular flexibility index (Phi) is 12.8. The number of alkyl halides is 7. The predicted octanol–water partition coefficient (Wildman–Crippen LogP) is 6.75. The largest absolute Gasteiger partial charge is 0.475 e. The third-order valence-electron chi connectivity index (χ3n) is 3.37. The monoisotopic (exact) mass is 434 g/mol. The molecule has 164 valence electrons. The zero-order valence-corrected chi connectivity index (χ0v) is 16.0. The van der Waals surface area contributed by atoms with E-state index >= 15 is 0 Å². The van der Waals surface area contributed by atoms with E-state index in [0.29, 0.717) is 6.42 Å². The number of phosphoric ester groups is 1. The van der Waals surface area contributed by atoms with Crippen LogP contribution in [0.2, 0.25) is 0 Å². The van der Waals surface area contributed by atoms with Gasteiger partial charge in [-0.05, 0) is 6.42 Å². The van der Waals surface area contributed by atoms with Gasteiger partial charge in [-0.2, -0.15) is 22.0 Å². The summed E-state index contributed by atoms with van der Waals surface area (Å²) in [5.41, 5.74) is 0. The third-order valence-corrected chi connectivity index (χ3v) is 4.76. The number of phosphoric acid groups is 1. The lowest BCUT2D eigenvalue weighted by molar-refractivity contribution is -0.167. The first-order valence-electron chi connectivity index (χ1n) is 8.68. The summed E-state index contributed by atoms with van der Waals surface area (Å²) in [6, 6.07) is 0. The van der Waals surface area contributed by atoms with Gasteiger partial charge in [0.15, 0.2) is 6.61 Å². The molecule has 0 aromatic heterocycles. The van der Waals surface area contributed by atoms with Gasteiger partial charge in [-0.1, -0.05) is 51.9 Å². The average molecular weight is 434 g/mol. The van der Waals surface area contributed by atoms with E-state index in [1.54, 1.807) is 0 Å². The molecule has 0 rings (SSSR count). The Morgan fingerprint density at radius 3 is 1.74 bits per heavy atom. The molecule has 0 amide bonds. The number of hydrogen-bond donors (Lipinski definition) is 0. The van der Waals surface area contributed by atoms with Crippen molar-refractivity contribution in [2.24, 2.45) is 0 Å². The minimum atomic E-state index is -5.06. The summed E-state index contributed by atoms with van der Waals surface area (Å²) in [7, 11) is -5.06. The standard InChI is InChI=1S/C15H26F7O4P/c1-2-3-4-5-6-7-8-9-10-24-27(23,26-12-15(20,21)22)25-11-14(18,19)13(16)17/h13H,2-12H2,1H3. The fourth-order valence-electron chi connectivity index (χ4n) is 1.90. The fourth-order valence-corrected chi connectivity index (χ4v) is 3.12. The third kappa shape index (κ3) is 14.3. The van der Waals surface area contributed by atoms with Gasteiger partial charge in [-0.3, -0.25) is 13.6 Å². The van der Waals surface area contributed by atoms with E-state index in [4.69, 9.17) is 0 Å². The Labute approximate surface area is 154 Å². The highest BCUT2D eigenvalue weighted by molar-refractivity contribution is 7.48. The molecule has 0 N–H and O–H groups in total. The van der Waals surface area contributed by atoms with Gasteiger partial charge in [0.05, 0.1) is 6.61 Å². The van der Waals surface area contributed by atoms with Gasteiger partial charge in [0.1, 0.15) is 6.61 Å². The molecular weight excluding hydrogens is 408 g/mol. The normalized spacial score (nSPS) is 15.3. The summed E-state index contributed by atoms with van der Waals surface area (Å²) in [6.45, 7) is -2.46. The van der Waals surface area contributed by atoms with E-state index in [9.17, 15) is 35.3 Å². The topological polar surface area (TPSA) is 44.8 Å². The van der Waals surface area contributed by atoms with Crippen LogP contribution in [0.5, 0.6) is 0 Å². The van der Waals surface area contributed by atoms with Gasteiger partial charge in [-0.25, -0.2) is 13.3 Å². The lowest BCUT2D eigenvalue weighted by Gasteiger charge is -2.21. The molecule has 1 atom stereocenters. The van der Waals surface area contributed by atoms with E-state index in [1.807, 2.05) is 0 Å². The van der Waals surface area contributed by atoms with Gasteiger partial charge < -0.3 is 0 Å². The first-order chi connectivity index (χ1) is 12.4. The number of halogens is 7. The van der Waals surface area contributed by atoms with Crippen molar-refractivity contribution in [3.63, 3.8) is 0 Å². The van der Waals surface area contributed by atoms with E-state index in [0.717, 1.165) is 38.5 Å². The molecule has 0 saturated carbocycles. The summed E-state index contributed by atoms with van der Waals surface area (Å²) < 4.78 is 111. The molecule has 0 aromatic rings. The van der Waals surface area contributed by atoms with Crippen molar-refractivity contribution in [3.8, 4) is 0 Å². The maximum absolute atomic E-state index is 12.8. The Bertz CT molecular complexity index is 433. The molecule has 0 aliphatic rings. The minimum Gasteiger partial charge on any atom is -0.287 e. The molecule has 0 bridgehead atoms. The summed E-state index contributed by atoms with van der Waals surface area (Å²) in [6.07, 6.45) is -2.06. The molecule has 0 fully saturated rings. The second-order valence-electron chi connectivity index (χ2n) is 5.98. The van der Waals surface area contributed by atoms with Gasteiger partial charge in [-0.15, -0.1) is 0 Å². The molecule has 0 aliphatic heterocycles. The number of unbranched alkanes of at least 4 members (excludes halogenated alkanes) is 7. The Morgan fingerprint density at radius 2 is 1.26 bits per heavy atom. The van der Waals surface area contributed by atoms with Crippen LogP contribution >= 0.6 is 7.82 Å². The van der Waals surface area contributed by atoms with E-state index < -0.39 is 39.6 Å². The quantitative estimate of drug-likeness (QED) is 0.153. The maximum atomic E-state index is 12.8. The molecule has 0 spiro atoms. The average Bonchev–Trinajstić information content (AvgIpc) is 2.56. The second-order valence-corrected chi connectivity index (χ2v) is 7.65. The van der Waals surface area contributed by atoms with Crippen molar-refractivity contribution in [2.75, 3.05) is 19.8 Å². The highest BCUT2D eigenvalue weighted by Crippen LogP contribution is 2.51. The van der Waals surface area contributed by atoms with Crippen LogP contribution < -0.4 is 0 Å². The molecule has 0 saturated heterocycles. The number of hydrogen-bond acceptors (Lipinski definition) is 4. The maximum Gasteiger partial charge on any atom is 0.475 e. The van der Waals surface area contributed by atoms with Crippen LogP contribution in [0.4, 0.5) is 30.7 Å². The van der Waals surface area contributed by atoms with Crippen molar-refractivity contribution in [2.45, 2.75) is 76.8 Å². The first kappa shape index (κ1) is 26.6. The summed E-state index contributed by atoms with van der Waals surface area (Å²) in [5.74, 6) is -4.70. The summed E-state index contributed by atoms with van der Waals surface area (Å²) >= 11 is 0. The number of rotatable bonds is 16. The SMILES string of the molecule is CCCCCCCCCCOP(=O)(OCC(F)(F)F)OCC(F)(F)C(F)F. The molecule has 12 heteroatoms. The van der Waals surface area contributed by atoms with Crippen LogP contribution in [0.15, 0.2) is 0 Å². The zero-order valence-electron chi connectivity index (χ0n) is 15.1. The molecular formula is C15H26F7O4P. The molecule has 27 heavy (non-hydrogen) atoms. The van der Waals surface area contributed by atoms with Crippen molar-refractivity contribution in [1.29, 1.82) is 0 Å². The Balaban J connectivity index is 4.36. The lowest BCUT2D eigenvalue weighted by Crippen LogP contribution is -2.32. The van der Waals surface area contributed by atoms with Crippen molar-refractivity contribution < 1.29 is 48.9 Å². The zero-order chi connectivity index (χ0) is 21.0. The van der Waals surface area contributed by atoms with Gasteiger partial charge in [0.25, 0.3) is 0 Å². The van der Waals surface area contributed by atoms with Crippen molar-refractivity contribution in [3.05, 3.63) is 0 Å². The molecule has 0 aromatic carbocycles. The smallest absolute Gasteiger partial charge is 0.287 e. The van der Waals surface area contributed by atoms with Crippen LogP contribution in [0, 0.1) is 0 Å². The van der Waals surface area contributed by atoms with E-state index in [2.05, 4.69) is 20.5 Å². The van der Waals surface area contributed by atoms with Crippen LogP contribution in [0.25, 0.3) is 0 Å². The van der Waals surface area contributed by atoms with E-state index in [1.165, 1.54) is 0 Å². The van der Waals surface area contributed by atoms with Crippen molar-refractivity contribution in [1.82, 2.24) is 0 Å². The predicted molar refractivity (Wildman–Crippen MR) is 85.1 cm³/mol. The lowest BCUT2D eigenvalue weighted by atomic mass is 10.1. The Hall–Kier alpha value is -0.380. The molecule has 0 heterocycles. The Morgan fingerprint density at radius 1 is 0.778 bits per heavy atom. The highest BCUT2D eigenvalue weighted by atomic mass is 31.2. The first-order valence-corrected chi connectivity index (χ1v) is 10.1. The van der Waals surface area contributed by atoms with E-state index in [-0.39, 0.29) is 13.0 Å². The highest BCUT2D eigenvalue weighted by Gasteiger charge is 2.45. The molecule has 0 radical (unpaired) electrons. The van der Waals surface area contributed by atoms with Gasteiger partial charge in [0, 0.05) is 0 Å². The van der Waals surface area contributed by atoms with Crippen molar-refractivity contribution >= 4 is 7.82 Å². The van der Waals surface area contributed by atoms with Crippen LogP contribution in [0.3, 0.4) is 0 Å². The molecule has 1 unspecified atom stereocenters. The summed E-state index contributed by atoms with van der Waals surface area (Å²) in [4.78, 5) is 0. The minimum absolute atomic E-state index is 0.280. The van der Waals surface area contributed by atoms with Gasteiger partial charge in [0.2, 0.25) is 0 Å². The summed E-state index contributed by atoms with van der Waals surface area (Å²) in [5, 5.41) is 0. The van der Waals surface area contributed by atoms with Crippen LogP contribution in [-0.4, -0.2) is 38.3 Å². The van der Waals surface area contributed by atoms with Crippen LogP contribution in [0.1, 0.15) is 58.3 Å². The fraction of sp³-hybridized carbons (Fsp3) is 1.00.